The van der Waals surface area contributed by atoms with Gasteiger partial charge < -0.3 is 14.5 Å². The van der Waals surface area contributed by atoms with Crippen LogP contribution in [0, 0.1) is 0 Å². The van der Waals surface area contributed by atoms with Crippen LogP contribution < -0.4 is 10.1 Å². The van der Waals surface area contributed by atoms with Gasteiger partial charge in [-0.3, -0.25) is 0 Å². The number of halogens is 1. The van der Waals surface area contributed by atoms with Crippen LogP contribution in [0.4, 0.5) is 5.69 Å². The average molecular weight is 238 g/mol. The Balaban J connectivity index is 2.08. The summed E-state index contributed by atoms with van der Waals surface area (Å²) in [6.45, 7) is 0.597. The summed E-state index contributed by atoms with van der Waals surface area (Å²) in [4.78, 5) is 0. The lowest BCUT2D eigenvalue weighted by Crippen LogP contribution is -1.99. The summed E-state index contributed by atoms with van der Waals surface area (Å²) in [6, 6.07) is 9.22. The van der Waals surface area contributed by atoms with Gasteiger partial charge in [-0.15, -0.1) is 0 Å². The number of furan rings is 1. The fourth-order valence-electron chi connectivity index (χ4n) is 1.36. The Morgan fingerprint density at radius 1 is 1.38 bits per heavy atom. The topological polar surface area (TPSA) is 34.4 Å². The molecule has 4 heteroatoms. The van der Waals surface area contributed by atoms with Crippen LogP contribution in [0.5, 0.6) is 5.75 Å². The van der Waals surface area contributed by atoms with Crippen LogP contribution in [-0.2, 0) is 6.54 Å². The maximum atomic E-state index is 6.04. The molecule has 1 N–H and O–H groups in total. The van der Waals surface area contributed by atoms with Crippen LogP contribution in [0.1, 0.15) is 5.76 Å². The number of benzene rings is 1. The van der Waals surface area contributed by atoms with Crippen molar-refractivity contribution in [3.63, 3.8) is 0 Å². The molecule has 0 radical (unpaired) electrons. The Kier molecular flexibility index (Phi) is 3.37. The molecule has 84 valence electrons. The minimum absolute atomic E-state index is 0.597. The molecule has 0 aliphatic carbocycles. The third-order valence-electron chi connectivity index (χ3n) is 2.21. The molecular weight excluding hydrogens is 226 g/mol. The van der Waals surface area contributed by atoms with Gasteiger partial charge in [-0.05, 0) is 24.3 Å². The van der Waals surface area contributed by atoms with E-state index in [4.69, 9.17) is 20.8 Å². The van der Waals surface area contributed by atoms with Crippen molar-refractivity contribution < 1.29 is 9.15 Å². The number of hydrogen-bond donors (Lipinski definition) is 1. The highest BCUT2D eigenvalue weighted by Gasteiger charge is 2.03. The molecule has 1 heterocycles. The predicted octanol–water partition coefficient (Wildman–Crippen LogP) is 3.55. The van der Waals surface area contributed by atoms with Crippen LogP contribution in [0.15, 0.2) is 41.0 Å². The van der Waals surface area contributed by atoms with Crippen molar-refractivity contribution in [1.82, 2.24) is 0 Å². The molecule has 0 atom stereocenters. The molecule has 16 heavy (non-hydrogen) atoms. The summed E-state index contributed by atoms with van der Waals surface area (Å²) >= 11 is 6.04. The zero-order valence-electron chi connectivity index (χ0n) is 8.87. The Bertz CT molecular complexity index is 454. The van der Waals surface area contributed by atoms with Crippen LogP contribution in [0.25, 0.3) is 0 Å². The van der Waals surface area contributed by atoms with E-state index in [1.54, 1.807) is 19.4 Å². The molecule has 0 spiro atoms. The van der Waals surface area contributed by atoms with Crippen molar-refractivity contribution in [3.8, 4) is 5.75 Å². The van der Waals surface area contributed by atoms with Gasteiger partial charge in [-0.1, -0.05) is 11.6 Å². The molecule has 0 fully saturated rings. The van der Waals surface area contributed by atoms with Crippen molar-refractivity contribution in [2.24, 2.45) is 0 Å². The van der Waals surface area contributed by atoms with Crippen molar-refractivity contribution in [1.29, 1.82) is 0 Å². The Labute approximate surface area is 99.0 Å². The quantitative estimate of drug-likeness (QED) is 0.883. The maximum absolute atomic E-state index is 6.04. The van der Waals surface area contributed by atoms with Gasteiger partial charge in [-0.2, -0.15) is 0 Å². The molecule has 0 unspecified atom stereocenters. The van der Waals surface area contributed by atoms with Gasteiger partial charge >= 0.3 is 0 Å². The fourth-order valence-corrected chi connectivity index (χ4v) is 1.55. The molecule has 2 rings (SSSR count). The summed E-state index contributed by atoms with van der Waals surface area (Å²) in [7, 11) is 1.62. The minimum Gasteiger partial charge on any atom is -0.497 e. The van der Waals surface area contributed by atoms with Crippen molar-refractivity contribution in [2.75, 3.05) is 12.4 Å². The van der Waals surface area contributed by atoms with E-state index in [2.05, 4.69) is 5.32 Å². The van der Waals surface area contributed by atoms with Crippen LogP contribution in [-0.4, -0.2) is 7.11 Å². The van der Waals surface area contributed by atoms with Gasteiger partial charge in [0.15, 0.2) is 0 Å². The Hall–Kier alpha value is -1.61. The zero-order valence-corrected chi connectivity index (χ0v) is 9.62. The normalized spacial score (nSPS) is 10.1. The lowest BCUT2D eigenvalue weighted by Gasteiger charge is -2.08. The van der Waals surface area contributed by atoms with Crippen LogP contribution in [0.3, 0.4) is 0 Å². The maximum Gasteiger partial charge on any atom is 0.122 e. The largest absolute Gasteiger partial charge is 0.497 e. The van der Waals surface area contributed by atoms with Crippen molar-refractivity contribution in [3.05, 3.63) is 47.4 Å². The second kappa shape index (κ2) is 4.94. The van der Waals surface area contributed by atoms with Gasteiger partial charge in [0.25, 0.3) is 0 Å². The standard InChI is InChI=1S/C12H12ClNO2/c1-15-9-4-5-11(13)12(7-9)14-8-10-3-2-6-16-10/h2-7,14H,8H2,1H3. The Morgan fingerprint density at radius 2 is 2.25 bits per heavy atom. The number of nitrogens with one attached hydrogen (secondary N) is 1. The first kappa shape index (κ1) is 10.9. The van der Waals surface area contributed by atoms with E-state index >= 15 is 0 Å². The highest BCUT2D eigenvalue weighted by molar-refractivity contribution is 6.33. The minimum atomic E-state index is 0.597. The molecule has 3 nitrogen and oxygen atoms in total. The number of rotatable bonds is 4. The summed E-state index contributed by atoms with van der Waals surface area (Å²) in [5.74, 6) is 1.63. The van der Waals surface area contributed by atoms with Gasteiger partial charge in [0.05, 0.1) is 30.6 Å². The zero-order chi connectivity index (χ0) is 11.4. The first-order valence-corrected chi connectivity index (χ1v) is 5.27. The molecular formula is C12H12ClNO2. The lowest BCUT2D eigenvalue weighted by atomic mass is 10.3. The van der Waals surface area contributed by atoms with E-state index in [-0.39, 0.29) is 0 Å². The summed E-state index contributed by atoms with van der Waals surface area (Å²) in [5.41, 5.74) is 0.831. The Morgan fingerprint density at radius 3 is 2.94 bits per heavy atom. The predicted molar refractivity (Wildman–Crippen MR) is 64.0 cm³/mol. The van der Waals surface area contributed by atoms with Crippen molar-refractivity contribution >= 4 is 17.3 Å². The highest BCUT2D eigenvalue weighted by Crippen LogP contribution is 2.27. The second-order valence-electron chi connectivity index (χ2n) is 3.28. The number of anilines is 1. The fraction of sp³-hybridized carbons (Fsp3) is 0.167. The number of ether oxygens (including phenoxy) is 1. The van der Waals surface area contributed by atoms with Crippen LogP contribution in [0.2, 0.25) is 5.02 Å². The molecule has 2 aromatic rings. The molecule has 1 aromatic heterocycles. The van der Waals surface area contributed by atoms with Gasteiger partial charge in [0, 0.05) is 6.07 Å². The van der Waals surface area contributed by atoms with Gasteiger partial charge in [0.1, 0.15) is 11.5 Å². The lowest BCUT2D eigenvalue weighted by molar-refractivity contribution is 0.415. The highest BCUT2D eigenvalue weighted by atomic mass is 35.5. The van der Waals surface area contributed by atoms with Gasteiger partial charge in [-0.25, -0.2) is 0 Å². The van der Waals surface area contributed by atoms with E-state index in [0.29, 0.717) is 11.6 Å². The smallest absolute Gasteiger partial charge is 0.122 e. The molecule has 1 aromatic carbocycles. The SMILES string of the molecule is COc1ccc(Cl)c(NCc2ccco2)c1. The number of methoxy groups -OCH3 is 1. The summed E-state index contributed by atoms with van der Waals surface area (Å²) in [5, 5.41) is 3.84. The summed E-state index contributed by atoms with van der Waals surface area (Å²) in [6.07, 6.45) is 1.64. The first-order valence-electron chi connectivity index (χ1n) is 4.89. The van der Waals surface area contributed by atoms with E-state index in [9.17, 15) is 0 Å². The van der Waals surface area contributed by atoms with E-state index in [1.807, 2.05) is 24.3 Å². The molecule has 0 amide bonds. The molecule has 0 aliphatic rings. The average Bonchev–Trinajstić information content (AvgIpc) is 2.81. The van der Waals surface area contributed by atoms with Crippen molar-refractivity contribution in [2.45, 2.75) is 6.54 Å². The third-order valence-corrected chi connectivity index (χ3v) is 2.54. The number of hydrogen-bond acceptors (Lipinski definition) is 3. The summed E-state index contributed by atoms with van der Waals surface area (Å²) < 4.78 is 10.3. The molecule has 0 saturated heterocycles. The molecule has 0 aliphatic heterocycles. The van der Waals surface area contributed by atoms with E-state index in [1.165, 1.54) is 0 Å². The van der Waals surface area contributed by atoms with Crippen LogP contribution >= 0.6 is 11.6 Å². The first-order chi connectivity index (χ1) is 7.79. The van der Waals surface area contributed by atoms with E-state index < -0.39 is 0 Å². The third kappa shape index (κ3) is 2.49. The molecule has 0 saturated carbocycles. The molecule has 0 bridgehead atoms. The monoisotopic (exact) mass is 237 g/mol. The van der Waals surface area contributed by atoms with E-state index in [0.717, 1.165) is 17.2 Å². The second-order valence-corrected chi connectivity index (χ2v) is 3.69. The van der Waals surface area contributed by atoms with Gasteiger partial charge in [0.2, 0.25) is 0 Å².